The van der Waals surface area contributed by atoms with Crippen molar-refractivity contribution < 1.29 is 19.0 Å². The Hall–Kier alpha value is -1.49. The molecule has 0 spiro atoms. The van der Waals surface area contributed by atoms with Crippen LogP contribution in [0.4, 0.5) is 4.39 Å². The van der Waals surface area contributed by atoms with Crippen LogP contribution in [-0.4, -0.2) is 11.1 Å². The number of hydrogen-bond acceptors (Lipinski definition) is 2. The smallest absolute Gasteiger partial charge is 0.335 e. The topological polar surface area (TPSA) is 46.5 Å². The van der Waals surface area contributed by atoms with Gasteiger partial charge in [0.05, 0.1) is 20.6 Å². The normalized spacial score (nSPS) is 10.5. The fourth-order valence-corrected chi connectivity index (χ4v) is 2.45. The standard InChI is InChI=1S/C14H8Cl3FO3/c15-9-2-1-3-12(18)8(9)6-21-13-10(16)4-7(14(19)20)5-11(13)17/h1-5H,6H2,(H,19,20). The van der Waals surface area contributed by atoms with Gasteiger partial charge in [0.25, 0.3) is 0 Å². The van der Waals surface area contributed by atoms with Crippen molar-refractivity contribution in [3.05, 3.63) is 62.3 Å². The number of aromatic carboxylic acids is 1. The van der Waals surface area contributed by atoms with E-state index in [4.69, 9.17) is 44.6 Å². The van der Waals surface area contributed by atoms with Crippen LogP contribution >= 0.6 is 34.8 Å². The lowest BCUT2D eigenvalue weighted by atomic mass is 10.2. The van der Waals surface area contributed by atoms with Gasteiger partial charge in [-0.05, 0) is 24.3 Å². The Balaban J connectivity index is 2.27. The van der Waals surface area contributed by atoms with Crippen LogP contribution < -0.4 is 4.74 Å². The molecule has 0 aliphatic heterocycles. The van der Waals surface area contributed by atoms with Crippen LogP contribution in [-0.2, 0) is 6.61 Å². The molecule has 0 unspecified atom stereocenters. The Morgan fingerprint density at radius 2 is 1.76 bits per heavy atom. The van der Waals surface area contributed by atoms with Gasteiger partial charge in [0.1, 0.15) is 12.4 Å². The van der Waals surface area contributed by atoms with E-state index < -0.39 is 11.8 Å². The van der Waals surface area contributed by atoms with Gasteiger partial charge >= 0.3 is 5.97 Å². The van der Waals surface area contributed by atoms with E-state index in [2.05, 4.69) is 0 Å². The van der Waals surface area contributed by atoms with Crippen molar-refractivity contribution >= 4 is 40.8 Å². The minimum Gasteiger partial charge on any atom is -0.486 e. The molecule has 21 heavy (non-hydrogen) atoms. The van der Waals surface area contributed by atoms with E-state index in [1.807, 2.05) is 0 Å². The first-order valence-electron chi connectivity index (χ1n) is 5.68. The van der Waals surface area contributed by atoms with E-state index in [9.17, 15) is 9.18 Å². The molecule has 0 saturated heterocycles. The van der Waals surface area contributed by atoms with Crippen molar-refractivity contribution in [2.24, 2.45) is 0 Å². The van der Waals surface area contributed by atoms with Crippen LogP contribution in [0.5, 0.6) is 5.75 Å². The second-order valence-electron chi connectivity index (χ2n) is 4.06. The molecule has 0 heterocycles. The Kier molecular flexibility index (Phi) is 4.93. The summed E-state index contributed by atoms with van der Waals surface area (Å²) in [6.07, 6.45) is 0. The molecule has 0 bridgehead atoms. The van der Waals surface area contributed by atoms with Crippen LogP contribution in [0.25, 0.3) is 0 Å². The molecular weight excluding hydrogens is 342 g/mol. The second-order valence-corrected chi connectivity index (χ2v) is 5.28. The zero-order valence-corrected chi connectivity index (χ0v) is 12.6. The third-order valence-electron chi connectivity index (χ3n) is 2.67. The molecule has 3 nitrogen and oxygen atoms in total. The quantitative estimate of drug-likeness (QED) is 0.839. The molecule has 0 atom stereocenters. The molecule has 0 aliphatic rings. The molecule has 2 rings (SSSR count). The van der Waals surface area contributed by atoms with E-state index >= 15 is 0 Å². The number of carboxylic acid groups (broad SMARTS) is 1. The van der Waals surface area contributed by atoms with E-state index in [1.165, 1.54) is 30.3 Å². The van der Waals surface area contributed by atoms with Crippen LogP contribution in [0, 0.1) is 5.82 Å². The maximum absolute atomic E-state index is 13.6. The average Bonchev–Trinajstić information content (AvgIpc) is 2.40. The Bertz CT molecular complexity index is 661. The number of benzene rings is 2. The molecule has 0 saturated carbocycles. The van der Waals surface area contributed by atoms with Crippen LogP contribution in [0.3, 0.4) is 0 Å². The Morgan fingerprint density at radius 3 is 2.29 bits per heavy atom. The summed E-state index contributed by atoms with van der Waals surface area (Å²) in [5.41, 5.74) is 0.0925. The fraction of sp³-hybridized carbons (Fsp3) is 0.0714. The first-order chi connectivity index (χ1) is 9.90. The summed E-state index contributed by atoms with van der Waals surface area (Å²) < 4.78 is 19.0. The predicted octanol–water partition coefficient (Wildman–Crippen LogP) is 5.06. The third kappa shape index (κ3) is 3.59. The number of hydrogen-bond donors (Lipinski definition) is 1. The summed E-state index contributed by atoms with van der Waals surface area (Å²) in [5.74, 6) is -1.61. The summed E-state index contributed by atoms with van der Waals surface area (Å²) in [6, 6.07) is 6.66. The van der Waals surface area contributed by atoms with Gasteiger partial charge < -0.3 is 9.84 Å². The predicted molar refractivity (Wildman–Crippen MR) is 79.2 cm³/mol. The van der Waals surface area contributed by atoms with Gasteiger partial charge in [-0.25, -0.2) is 9.18 Å². The number of ether oxygens (including phenoxy) is 1. The van der Waals surface area contributed by atoms with Gasteiger partial charge in [-0.1, -0.05) is 40.9 Å². The van der Waals surface area contributed by atoms with Gasteiger partial charge in [0.15, 0.2) is 5.75 Å². The van der Waals surface area contributed by atoms with Crippen molar-refractivity contribution in [1.29, 1.82) is 0 Å². The average molecular weight is 350 g/mol. The molecular formula is C14H8Cl3FO3. The van der Waals surface area contributed by atoms with E-state index in [1.54, 1.807) is 0 Å². The van der Waals surface area contributed by atoms with E-state index in [-0.39, 0.29) is 38.6 Å². The highest BCUT2D eigenvalue weighted by atomic mass is 35.5. The lowest BCUT2D eigenvalue weighted by Crippen LogP contribution is -2.02. The van der Waals surface area contributed by atoms with Gasteiger partial charge in [0.2, 0.25) is 0 Å². The van der Waals surface area contributed by atoms with Crippen molar-refractivity contribution in [3.8, 4) is 5.75 Å². The largest absolute Gasteiger partial charge is 0.486 e. The van der Waals surface area contributed by atoms with Crippen molar-refractivity contribution in [1.82, 2.24) is 0 Å². The van der Waals surface area contributed by atoms with E-state index in [0.29, 0.717) is 0 Å². The molecule has 0 amide bonds. The monoisotopic (exact) mass is 348 g/mol. The SMILES string of the molecule is O=C(O)c1cc(Cl)c(OCc2c(F)cccc2Cl)c(Cl)c1. The lowest BCUT2D eigenvalue weighted by Gasteiger charge is -2.12. The van der Waals surface area contributed by atoms with Crippen LogP contribution in [0.2, 0.25) is 15.1 Å². The summed E-state index contributed by atoms with van der Waals surface area (Å²) in [4.78, 5) is 10.9. The molecule has 0 fully saturated rings. The molecule has 2 aromatic rings. The molecule has 1 N–H and O–H groups in total. The number of carboxylic acids is 1. The first kappa shape index (κ1) is 15.9. The maximum atomic E-state index is 13.6. The van der Waals surface area contributed by atoms with Crippen molar-refractivity contribution in [2.45, 2.75) is 6.61 Å². The molecule has 2 aromatic carbocycles. The van der Waals surface area contributed by atoms with Crippen LogP contribution in [0.1, 0.15) is 15.9 Å². The van der Waals surface area contributed by atoms with Crippen LogP contribution in [0.15, 0.2) is 30.3 Å². The van der Waals surface area contributed by atoms with Gasteiger partial charge in [0, 0.05) is 5.56 Å². The minimum absolute atomic E-state index is 0.0207. The zero-order chi connectivity index (χ0) is 15.6. The third-order valence-corrected chi connectivity index (χ3v) is 3.58. The highest BCUT2D eigenvalue weighted by molar-refractivity contribution is 6.37. The summed E-state index contributed by atoms with van der Waals surface area (Å²) in [6.45, 7) is -0.183. The van der Waals surface area contributed by atoms with Gasteiger partial charge in [-0.15, -0.1) is 0 Å². The second kappa shape index (κ2) is 6.52. The fourth-order valence-electron chi connectivity index (χ4n) is 1.64. The lowest BCUT2D eigenvalue weighted by molar-refractivity contribution is 0.0697. The number of halogens is 4. The molecule has 0 aromatic heterocycles. The van der Waals surface area contributed by atoms with Crippen molar-refractivity contribution in [3.63, 3.8) is 0 Å². The van der Waals surface area contributed by atoms with E-state index in [0.717, 1.165) is 0 Å². The maximum Gasteiger partial charge on any atom is 0.335 e. The number of carbonyl (C=O) groups is 1. The minimum atomic E-state index is -1.16. The first-order valence-corrected chi connectivity index (χ1v) is 6.81. The molecule has 7 heteroatoms. The zero-order valence-electron chi connectivity index (χ0n) is 10.4. The highest BCUT2D eigenvalue weighted by Crippen LogP contribution is 2.35. The summed E-state index contributed by atoms with van der Waals surface area (Å²) in [5, 5.41) is 9.13. The Morgan fingerprint density at radius 1 is 1.14 bits per heavy atom. The van der Waals surface area contributed by atoms with Crippen molar-refractivity contribution in [2.75, 3.05) is 0 Å². The molecule has 110 valence electrons. The summed E-state index contributed by atoms with van der Waals surface area (Å²) in [7, 11) is 0. The molecule has 0 aliphatic carbocycles. The summed E-state index contributed by atoms with van der Waals surface area (Å²) >= 11 is 17.7. The Labute approximate surface area is 134 Å². The highest BCUT2D eigenvalue weighted by Gasteiger charge is 2.15. The number of rotatable bonds is 4. The molecule has 0 radical (unpaired) electrons. The van der Waals surface area contributed by atoms with Gasteiger partial charge in [-0.2, -0.15) is 0 Å². The van der Waals surface area contributed by atoms with Gasteiger partial charge in [-0.3, -0.25) is 0 Å².